The molecule has 0 fully saturated rings. The number of nitrogens with zero attached hydrogens (tertiary/aromatic N) is 3. The van der Waals surface area contributed by atoms with Crippen molar-refractivity contribution in [2.24, 2.45) is 5.73 Å². The summed E-state index contributed by atoms with van der Waals surface area (Å²) < 4.78 is 13.7. The van der Waals surface area contributed by atoms with E-state index in [1.54, 1.807) is 6.07 Å². The molecule has 1 heterocycles. The van der Waals surface area contributed by atoms with E-state index in [-0.39, 0.29) is 11.9 Å². The lowest BCUT2D eigenvalue weighted by Gasteiger charge is -2.13. The lowest BCUT2D eigenvalue weighted by molar-refractivity contribution is 0.425. The summed E-state index contributed by atoms with van der Waals surface area (Å²) >= 11 is 0. The maximum absolute atomic E-state index is 13.7. The third-order valence-electron chi connectivity index (χ3n) is 4.41. The molecule has 180 valence electrons. The molecule has 0 aliphatic carbocycles. The molecule has 0 aliphatic heterocycles. The Morgan fingerprint density at radius 1 is 1.03 bits per heavy atom. The quantitative estimate of drug-likeness (QED) is 0.435. The second kappa shape index (κ2) is 15.1. The van der Waals surface area contributed by atoms with Crippen LogP contribution in [0.25, 0.3) is 23.1 Å². The van der Waals surface area contributed by atoms with Crippen LogP contribution in [0.15, 0.2) is 42.5 Å². The van der Waals surface area contributed by atoms with Crippen LogP contribution in [0.1, 0.15) is 64.0 Å². The van der Waals surface area contributed by atoms with Gasteiger partial charge in [0.05, 0.1) is 5.52 Å². The largest absolute Gasteiger partial charge is 0.368 e. The molecule has 0 aliphatic rings. The minimum atomic E-state index is -0.302. The Morgan fingerprint density at radius 2 is 1.67 bits per heavy atom. The molecular formula is C27H40FN5. The predicted octanol–water partition coefficient (Wildman–Crippen LogP) is 6.38. The molecule has 5 nitrogen and oxygen atoms in total. The number of halogens is 1. The monoisotopic (exact) mass is 453 g/mol. The highest BCUT2D eigenvalue weighted by atomic mass is 19.1. The molecule has 0 amide bonds. The molecule has 33 heavy (non-hydrogen) atoms. The van der Waals surface area contributed by atoms with Crippen molar-refractivity contribution in [3.05, 3.63) is 65.2 Å². The SMILES string of the molecule is CC.CC(N)c1ccc(/C=C/c2nc(NCCN(C)C)c3cc(F)ccc3n2)cc1.CCC. The van der Waals surface area contributed by atoms with E-state index in [0.29, 0.717) is 29.1 Å². The van der Waals surface area contributed by atoms with E-state index in [1.807, 2.05) is 71.3 Å². The molecule has 0 saturated heterocycles. The molecule has 0 radical (unpaired) electrons. The van der Waals surface area contributed by atoms with Crippen molar-refractivity contribution in [2.45, 2.75) is 47.1 Å². The number of hydrogen-bond acceptors (Lipinski definition) is 5. The van der Waals surface area contributed by atoms with Gasteiger partial charge in [0.1, 0.15) is 11.6 Å². The van der Waals surface area contributed by atoms with Crippen molar-refractivity contribution in [3.8, 4) is 0 Å². The maximum atomic E-state index is 13.7. The first-order valence-electron chi connectivity index (χ1n) is 11.7. The summed E-state index contributed by atoms with van der Waals surface area (Å²) in [5, 5.41) is 3.98. The van der Waals surface area contributed by atoms with Gasteiger partial charge in [-0.25, -0.2) is 14.4 Å². The fourth-order valence-electron chi connectivity index (χ4n) is 2.81. The molecule has 1 atom stereocenters. The number of nitrogens with two attached hydrogens (primary N) is 1. The van der Waals surface area contributed by atoms with Crippen LogP contribution in [0.3, 0.4) is 0 Å². The zero-order valence-electron chi connectivity index (χ0n) is 21.2. The van der Waals surface area contributed by atoms with Crippen molar-refractivity contribution in [2.75, 3.05) is 32.5 Å². The zero-order chi connectivity index (χ0) is 24.8. The van der Waals surface area contributed by atoms with E-state index in [1.165, 1.54) is 18.6 Å². The smallest absolute Gasteiger partial charge is 0.154 e. The molecule has 3 aromatic rings. The van der Waals surface area contributed by atoms with Crippen molar-refractivity contribution in [1.29, 1.82) is 0 Å². The Morgan fingerprint density at radius 3 is 2.24 bits per heavy atom. The van der Waals surface area contributed by atoms with E-state index in [4.69, 9.17) is 5.73 Å². The topological polar surface area (TPSA) is 67.1 Å². The summed E-state index contributed by atoms with van der Waals surface area (Å²) in [5.74, 6) is 0.908. The van der Waals surface area contributed by atoms with Crippen LogP contribution in [0.5, 0.6) is 0 Å². The third-order valence-corrected chi connectivity index (χ3v) is 4.41. The highest BCUT2D eigenvalue weighted by Gasteiger charge is 2.08. The Labute approximate surface area is 198 Å². The number of fused-ring (bicyclic) bond motifs is 1. The van der Waals surface area contributed by atoms with Crippen LogP contribution in [0.4, 0.5) is 10.2 Å². The third kappa shape index (κ3) is 9.68. The average Bonchev–Trinajstić information content (AvgIpc) is 2.80. The minimum Gasteiger partial charge on any atom is -0.368 e. The molecule has 0 spiro atoms. The number of rotatable bonds is 7. The molecule has 3 rings (SSSR count). The van der Waals surface area contributed by atoms with Crippen molar-refractivity contribution in [1.82, 2.24) is 14.9 Å². The van der Waals surface area contributed by atoms with Gasteiger partial charge in [-0.05, 0) is 56.4 Å². The van der Waals surface area contributed by atoms with Crippen LogP contribution in [0.2, 0.25) is 0 Å². The normalized spacial score (nSPS) is 11.6. The molecule has 1 aromatic heterocycles. The lowest BCUT2D eigenvalue weighted by atomic mass is 10.1. The van der Waals surface area contributed by atoms with Crippen LogP contribution < -0.4 is 11.1 Å². The summed E-state index contributed by atoms with van der Waals surface area (Å²) in [6.45, 7) is 11.8. The Balaban J connectivity index is 0.00000101. The van der Waals surface area contributed by atoms with E-state index >= 15 is 0 Å². The summed E-state index contributed by atoms with van der Waals surface area (Å²) in [5.41, 5.74) is 8.72. The lowest BCUT2D eigenvalue weighted by Crippen LogP contribution is -2.21. The fraction of sp³-hybridized carbons (Fsp3) is 0.407. The molecule has 1 unspecified atom stereocenters. The zero-order valence-corrected chi connectivity index (χ0v) is 21.2. The number of aromatic nitrogens is 2. The van der Waals surface area contributed by atoms with Gasteiger partial charge in [0.2, 0.25) is 0 Å². The first-order chi connectivity index (χ1) is 15.8. The predicted molar refractivity (Wildman–Crippen MR) is 142 cm³/mol. The summed E-state index contributed by atoms with van der Waals surface area (Å²) in [6.07, 6.45) is 5.07. The summed E-state index contributed by atoms with van der Waals surface area (Å²) in [4.78, 5) is 11.2. The van der Waals surface area contributed by atoms with Gasteiger partial charge in [-0.15, -0.1) is 0 Å². The van der Waals surface area contributed by atoms with Gasteiger partial charge in [-0.1, -0.05) is 64.5 Å². The highest BCUT2D eigenvalue weighted by molar-refractivity contribution is 5.90. The van der Waals surface area contributed by atoms with E-state index in [9.17, 15) is 4.39 Å². The van der Waals surface area contributed by atoms with Gasteiger partial charge in [-0.2, -0.15) is 0 Å². The number of nitrogens with one attached hydrogen (secondary N) is 1. The molecule has 2 aromatic carbocycles. The Hall–Kier alpha value is -2.83. The first-order valence-corrected chi connectivity index (χ1v) is 11.7. The van der Waals surface area contributed by atoms with E-state index in [0.717, 1.165) is 17.7 Å². The van der Waals surface area contributed by atoms with Gasteiger partial charge in [0.25, 0.3) is 0 Å². The highest BCUT2D eigenvalue weighted by Crippen LogP contribution is 2.22. The minimum absolute atomic E-state index is 0.0121. The number of benzene rings is 2. The second-order valence-electron chi connectivity index (χ2n) is 7.82. The average molecular weight is 454 g/mol. The van der Waals surface area contributed by atoms with Gasteiger partial charge in [-0.3, -0.25) is 0 Å². The second-order valence-corrected chi connectivity index (χ2v) is 7.82. The van der Waals surface area contributed by atoms with Gasteiger partial charge < -0.3 is 16.0 Å². The molecular weight excluding hydrogens is 413 g/mol. The van der Waals surface area contributed by atoms with Crippen molar-refractivity contribution in [3.63, 3.8) is 0 Å². The standard InChI is InChI=1S/C22H26FN5.C3H8.C2H6/c1-15(24)17-7-4-16(5-8-17)6-11-21-26-20-10-9-18(23)14-19(20)22(27-21)25-12-13-28(2)3;1-3-2;1-2/h4-11,14-15H,12-13,24H2,1-3H3,(H,25,26,27);3H2,1-2H3;1-2H3/b11-6+;;. The van der Waals surface area contributed by atoms with Crippen LogP contribution >= 0.6 is 0 Å². The summed E-state index contributed by atoms with van der Waals surface area (Å²) in [7, 11) is 4.01. The van der Waals surface area contributed by atoms with E-state index in [2.05, 4.69) is 34.0 Å². The maximum Gasteiger partial charge on any atom is 0.154 e. The van der Waals surface area contributed by atoms with Gasteiger partial charge >= 0.3 is 0 Å². The first kappa shape index (κ1) is 28.2. The van der Waals surface area contributed by atoms with Crippen LogP contribution in [0, 0.1) is 5.82 Å². The Bertz CT molecular complexity index is 982. The van der Waals surface area contributed by atoms with Gasteiger partial charge in [0.15, 0.2) is 5.82 Å². The summed E-state index contributed by atoms with van der Waals surface area (Å²) in [6, 6.07) is 12.6. The molecule has 6 heteroatoms. The Kier molecular flexibility index (Phi) is 12.9. The van der Waals surface area contributed by atoms with Crippen molar-refractivity contribution < 1.29 is 4.39 Å². The van der Waals surface area contributed by atoms with Crippen molar-refractivity contribution >= 4 is 28.9 Å². The van der Waals surface area contributed by atoms with Crippen LogP contribution in [-0.4, -0.2) is 42.1 Å². The molecule has 0 saturated carbocycles. The molecule has 0 bridgehead atoms. The van der Waals surface area contributed by atoms with Crippen LogP contribution in [-0.2, 0) is 0 Å². The van der Waals surface area contributed by atoms with E-state index < -0.39 is 0 Å². The fourth-order valence-corrected chi connectivity index (χ4v) is 2.81. The number of likely N-dealkylation sites (N-methyl/N-ethyl adjacent to an activating group) is 1. The number of hydrogen-bond donors (Lipinski definition) is 2. The van der Waals surface area contributed by atoms with Gasteiger partial charge in [0, 0.05) is 24.5 Å². The molecule has 3 N–H and O–H groups in total. The number of anilines is 1.